The van der Waals surface area contributed by atoms with Crippen LogP contribution in [0.5, 0.6) is 0 Å². The Hall–Kier alpha value is -1.55. The van der Waals surface area contributed by atoms with E-state index in [1.54, 1.807) is 0 Å². The van der Waals surface area contributed by atoms with Crippen molar-refractivity contribution in [3.05, 3.63) is 35.4 Å². The summed E-state index contributed by atoms with van der Waals surface area (Å²) in [5.41, 5.74) is 8.94. The van der Waals surface area contributed by atoms with E-state index in [-0.39, 0.29) is 6.10 Å². The van der Waals surface area contributed by atoms with Gasteiger partial charge in [-0.15, -0.1) is 0 Å². The number of hydrogen-bond donors (Lipinski definition) is 2. The van der Waals surface area contributed by atoms with Crippen molar-refractivity contribution in [3.63, 3.8) is 0 Å². The molecular formula is C17H25N3O. The maximum absolute atomic E-state index is 5.97. The normalized spacial score (nSPS) is 25.6. The largest absolute Gasteiger partial charge is 0.376 e. The van der Waals surface area contributed by atoms with Gasteiger partial charge in [0.25, 0.3) is 0 Å². The molecule has 0 saturated carbocycles. The molecule has 3 N–H and O–H groups in total. The maximum Gasteiger partial charge on any atom is 0.188 e. The highest BCUT2D eigenvalue weighted by Crippen LogP contribution is 2.30. The van der Waals surface area contributed by atoms with Crippen LogP contribution in [0.4, 0.5) is 0 Å². The molecule has 2 aliphatic rings. The first-order chi connectivity index (χ1) is 10.3. The monoisotopic (exact) mass is 287 g/mol. The van der Waals surface area contributed by atoms with Gasteiger partial charge in [-0.1, -0.05) is 24.3 Å². The smallest absolute Gasteiger partial charge is 0.188 e. The molecule has 1 aliphatic carbocycles. The third-order valence-corrected chi connectivity index (χ3v) is 4.51. The number of fused-ring (bicyclic) bond motifs is 1. The van der Waals surface area contributed by atoms with Gasteiger partial charge in [0, 0.05) is 19.1 Å². The van der Waals surface area contributed by atoms with E-state index in [1.165, 1.54) is 30.4 Å². The predicted molar refractivity (Wildman–Crippen MR) is 85.6 cm³/mol. The maximum atomic E-state index is 5.97. The number of aliphatic imine (C=N–C) groups is 1. The molecule has 0 spiro atoms. The van der Waals surface area contributed by atoms with Crippen LogP contribution in [0, 0.1) is 0 Å². The fourth-order valence-electron chi connectivity index (χ4n) is 3.34. The van der Waals surface area contributed by atoms with Crippen LogP contribution in [0.15, 0.2) is 29.3 Å². The molecule has 1 aromatic rings. The summed E-state index contributed by atoms with van der Waals surface area (Å²) < 4.78 is 5.55. The van der Waals surface area contributed by atoms with Crippen molar-refractivity contribution < 1.29 is 4.74 Å². The first-order valence-corrected chi connectivity index (χ1v) is 8.06. The minimum atomic E-state index is 0.265. The minimum absolute atomic E-state index is 0.265. The molecule has 3 rings (SSSR count). The zero-order valence-electron chi connectivity index (χ0n) is 12.6. The summed E-state index contributed by atoms with van der Waals surface area (Å²) in [6, 6.07) is 8.76. The van der Waals surface area contributed by atoms with E-state index in [0.29, 0.717) is 18.4 Å². The van der Waals surface area contributed by atoms with Crippen LogP contribution in [0.1, 0.15) is 42.7 Å². The quantitative estimate of drug-likeness (QED) is 0.659. The Bertz CT molecular complexity index is 495. The number of benzene rings is 1. The second-order valence-electron chi connectivity index (χ2n) is 6.03. The van der Waals surface area contributed by atoms with Gasteiger partial charge in [-0.05, 0) is 43.2 Å². The van der Waals surface area contributed by atoms with Crippen LogP contribution in [0.3, 0.4) is 0 Å². The molecule has 21 heavy (non-hydrogen) atoms. The fourth-order valence-corrected chi connectivity index (χ4v) is 3.34. The summed E-state index contributed by atoms with van der Waals surface area (Å²) in [7, 11) is 0. The zero-order chi connectivity index (χ0) is 14.5. The van der Waals surface area contributed by atoms with Gasteiger partial charge < -0.3 is 15.8 Å². The van der Waals surface area contributed by atoms with Crippen molar-refractivity contribution >= 4 is 5.96 Å². The van der Waals surface area contributed by atoms with Crippen molar-refractivity contribution in [1.29, 1.82) is 0 Å². The zero-order valence-corrected chi connectivity index (χ0v) is 12.6. The number of nitrogens with two attached hydrogens (primary N) is 1. The van der Waals surface area contributed by atoms with Crippen LogP contribution in [0.25, 0.3) is 0 Å². The van der Waals surface area contributed by atoms with Crippen LogP contribution in [-0.4, -0.2) is 31.8 Å². The van der Waals surface area contributed by atoms with E-state index >= 15 is 0 Å². The lowest BCUT2D eigenvalue weighted by molar-refractivity contribution is 0.118. The highest BCUT2D eigenvalue weighted by Gasteiger charge is 2.19. The Morgan fingerprint density at radius 1 is 1.29 bits per heavy atom. The molecule has 0 aromatic heterocycles. The Balaban J connectivity index is 1.52. The number of aryl methyl sites for hydroxylation is 1. The predicted octanol–water partition coefficient (Wildman–Crippen LogP) is 2.19. The number of rotatable bonds is 4. The number of hydrogen-bond acceptors (Lipinski definition) is 2. The van der Waals surface area contributed by atoms with E-state index in [9.17, 15) is 0 Å². The third kappa shape index (κ3) is 3.76. The van der Waals surface area contributed by atoms with E-state index in [0.717, 1.165) is 26.0 Å². The van der Waals surface area contributed by atoms with E-state index < -0.39 is 0 Å². The lowest BCUT2D eigenvalue weighted by Gasteiger charge is -2.25. The molecular weight excluding hydrogens is 262 g/mol. The highest BCUT2D eigenvalue weighted by molar-refractivity contribution is 5.77. The molecule has 2 atom stereocenters. The van der Waals surface area contributed by atoms with E-state index in [1.807, 2.05) is 0 Å². The molecule has 1 heterocycles. The summed E-state index contributed by atoms with van der Waals surface area (Å²) in [4.78, 5) is 4.40. The summed E-state index contributed by atoms with van der Waals surface area (Å²) in [6.45, 7) is 2.42. The Labute approximate surface area is 126 Å². The lowest BCUT2D eigenvalue weighted by atomic mass is 9.83. The molecule has 0 radical (unpaired) electrons. The highest BCUT2D eigenvalue weighted by atomic mass is 16.5. The topological polar surface area (TPSA) is 59.6 Å². The van der Waals surface area contributed by atoms with Gasteiger partial charge in [0.05, 0.1) is 12.6 Å². The van der Waals surface area contributed by atoms with Crippen LogP contribution in [0.2, 0.25) is 0 Å². The van der Waals surface area contributed by atoms with Crippen molar-refractivity contribution in [2.45, 2.75) is 44.1 Å². The van der Waals surface area contributed by atoms with Crippen LogP contribution < -0.4 is 11.1 Å². The van der Waals surface area contributed by atoms with Crippen LogP contribution >= 0.6 is 0 Å². The minimum Gasteiger partial charge on any atom is -0.376 e. The summed E-state index contributed by atoms with van der Waals surface area (Å²) >= 11 is 0. The van der Waals surface area contributed by atoms with Gasteiger partial charge in [-0.25, -0.2) is 0 Å². The van der Waals surface area contributed by atoms with Gasteiger partial charge >= 0.3 is 0 Å². The second kappa shape index (κ2) is 6.94. The summed E-state index contributed by atoms with van der Waals surface area (Å²) in [5.74, 6) is 1.10. The van der Waals surface area contributed by atoms with Crippen molar-refractivity contribution in [2.75, 3.05) is 19.7 Å². The number of nitrogens with zero attached hydrogens (tertiary/aromatic N) is 1. The van der Waals surface area contributed by atoms with Gasteiger partial charge in [-0.2, -0.15) is 0 Å². The Kier molecular flexibility index (Phi) is 4.76. The average Bonchev–Trinajstić information content (AvgIpc) is 3.04. The molecule has 4 nitrogen and oxygen atoms in total. The summed E-state index contributed by atoms with van der Waals surface area (Å²) in [6.07, 6.45) is 6.20. The van der Waals surface area contributed by atoms with Gasteiger partial charge in [0.2, 0.25) is 0 Å². The van der Waals surface area contributed by atoms with Crippen molar-refractivity contribution in [2.24, 2.45) is 10.7 Å². The molecule has 0 bridgehead atoms. The second-order valence-corrected chi connectivity index (χ2v) is 6.03. The number of ether oxygens (including phenoxy) is 1. The molecule has 1 fully saturated rings. The number of guanidine groups is 1. The molecule has 1 aromatic carbocycles. The SMILES string of the molecule is NC(=NCC1CCCO1)NCC1CCCc2ccccc21. The molecule has 1 aliphatic heterocycles. The first kappa shape index (κ1) is 14.4. The lowest BCUT2D eigenvalue weighted by Crippen LogP contribution is -2.36. The number of nitrogens with one attached hydrogen (secondary N) is 1. The molecule has 4 heteroatoms. The van der Waals surface area contributed by atoms with E-state index in [2.05, 4.69) is 34.6 Å². The molecule has 1 saturated heterocycles. The van der Waals surface area contributed by atoms with Gasteiger partial charge in [-0.3, -0.25) is 4.99 Å². The standard InChI is InChI=1S/C17H25N3O/c18-17(20-12-15-8-4-10-21-15)19-11-14-7-3-6-13-5-1-2-9-16(13)14/h1-2,5,9,14-15H,3-4,6-8,10-12H2,(H3,18,19,20). The third-order valence-electron chi connectivity index (χ3n) is 4.51. The van der Waals surface area contributed by atoms with Crippen molar-refractivity contribution in [3.8, 4) is 0 Å². The fraction of sp³-hybridized carbons (Fsp3) is 0.588. The Morgan fingerprint density at radius 3 is 3.05 bits per heavy atom. The Morgan fingerprint density at radius 2 is 2.19 bits per heavy atom. The molecule has 0 amide bonds. The molecule has 114 valence electrons. The summed E-state index contributed by atoms with van der Waals surface area (Å²) in [5, 5.41) is 3.29. The average molecular weight is 287 g/mol. The van der Waals surface area contributed by atoms with Crippen molar-refractivity contribution in [1.82, 2.24) is 5.32 Å². The van der Waals surface area contributed by atoms with Crippen LogP contribution in [-0.2, 0) is 11.2 Å². The van der Waals surface area contributed by atoms with E-state index in [4.69, 9.17) is 10.5 Å². The van der Waals surface area contributed by atoms with Gasteiger partial charge in [0.1, 0.15) is 0 Å². The first-order valence-electron chi connectivity index (χ1n) is 8.06. The molecule has 2 unspecified atom stereocenters. The van der Waals surface area contributed by atoms with Gasteiger partial charge in [0.15, 0.2) is 5.96 Å².